The SMILES string of the molecule is CC(C(=O)Nc1ccccn1)N(C)CC1CNNC1c1ccccc1. The van der Waals surface area contributed by atoms with Crippen LogP contribution in [0.3, 0.4) is 0 Å². The number of nitrogens with zero attached hydrogens (tertiary/aromatic N) is 2. The summed E-state index contributed by atoms with van der Waals surface area (Å²) in [5, 5.41) is 2.87. The number of carbonyl (C=O) groups is 1. The van der Waals surface area contributed by atoms with Crippen molar-refractivity contribution in [2.75, 3.05) is 25.5 Å². The highest BCUT2D eigenvalue weighted by Gasteiger charge is 2.31. The lowest BCUT2D eigenvalue weighted by Gasteiger charge is -2.28. The third kappa shape index (κ3) is 4.42. The van der Waals surface area contributed by atoms with Crippen LogP contribution < -0.4 is 16.2 Å². The number of pyridine rings is 1. The molecule has 25 heavy (non-hydrogen) atoms. The Balaban J connectivity index is 1.59. The number of amides is 1. The molecule has 1 amide bonds. The zero-order valence-corrected chi connectivity index (χ0v) is 14.6. The lowest BCUT2D eigenvalue weighted by molar-refractivity contribution is -0.120. The Morgan fingerprint density at radius 1 is 1.28 bits per heavy atom. The van der Waals surface area contributed by atoms with E-state index in [1.807, 2.05) is 32.2 Å². The number of benzene rings is 1. The Hall–Kier alpha value is -2.28. The molecule has 2 heterocycles. The summed E-state index contributed by atoms with van der Waals surface area (Å²) >= 11 is 0. The van der Waals surface area contributed by atoms with Gasteiger partial charge in [0, 0.05) is 25.2 Å². The number of carbonyl (C=O) groups excluding carboxylic acids is 1. The van der Waals surface area contributed by atoms with Gasteiger partial charge in [0.15, 0.2) is 0 Å². The maximum atomic E-state index is 12.5. The first-order chi connectivity index (χ1) is 12.1. The Bertz CT molecular complexity index is 679. The number of hydrogen-bond acceptors (Lipinski definition) is 5. The summed E-state index contributed by atoms with van der Waals surface area (Å²) in [4.78, 5) is 18.7. The van der Waals surface area contributed by atoms with Crippen molar-refractivity contribution in [1.29, 1.82) is 0 Å². The van der Waals surface area contributed by atoms with Crippen molar-refractivity contribution < 1.29 is 4.79 Å². The van der Waals surface area contributed by atoms with Gasteiger partial charge in [0.05, 0.1) is 12.1 Å². The Labute approximate surface area is 148 Å². The highest BCUT2D eigenvalue weighted by molar-refractivity contribution is 5.93. The minimum absolute atomic E-state index is 0.0450. The summed E-state index contributed by atoms with van der Waals surface area (Å²) in [6, 6.07) is 15.9. The van der Waals surface area contributed by atoms with Gasteiger partial charge < -0.3 is 5.32 Å². The fraction of sp³-hybridized carbons (Fsp3) is 0.368. The van der Waals surface area contributed by atoms with Crippen molar-refractivity contribution in [2.24, 2.45) is 5.92 Å². The van der Waals surface area contributed by atoms with Crippen molar-refractivity contribution in [3.63, 3.8) is 0 Å². The molecule has 3 unspecified atom stereocenters. The van der Waals surface area contributed by atoms with Gasteiger partial charge in [0.25, 0.3) is 0 Å². The fourth-order valence-electron chi connectivity index (χ4n) is 3.12. The van der Waals surface area contributed by atoms with Gasteiger partial charge in [-0.25, -0.2) is 10.4 Å². The minimum atomic E-state index is -0.237. The zero-order valence-electron chi connectivity index (χ0n) is 14.6. The first-order valence-electron chi connectivity index (χ1n) is 8.60. The molecule has 3 atom stereocenters. The molecule has 0 aliphatic carbocycles. The predicted octanol–water partition coefficient (Wildman–Crippen LogP) is 1.81. The molecule has 0 saturated carbocycles. The van der Waals surface area contributed by atoms with E-state index in [1.165, 1.54) is 5.56 Å². The van der Waals surface area contributed by atoms with Crippen LogP contribution in [0.25, 0.3) is 0 Å². The minimum Gasteiger partial charge on any atom is -0.309 e. The van der Waals surface area contributed by atoms with E-state index in [9.17, 15) is 4.79 Å². The Morgan fingerprint density at radius 3 is 2.76 bits per heavy atom. The highest BCUT2D eigenvalue weighted by Crippen LogP contribution is 2.25. The Morgan fingerprint density at radius 2 is 2.04 bits per heavy atom. The molecule has 0 radical (unpaired) electrons. The van der Waals surface area contributed by atoms with Crippen LogP contribution in [0, 0.1) is 5.92 Å². The van der Waals surface area contributed by atoms with Gasteiger partial charge in [-0.05, 0) is 31.7 Å². The number of nitrogens with one attached hydrogen (secondary N) is 3. The summed E-state index contributed by atoms with van der Waals surface area (Å²) < 4.78 is 0. The largest absolute Gasteiger partial charge is 0.309 e. The van der Waals surface area contributed by atoms with Gasteiger partial charge in [-0.15, -0.1) is 0 Å². The number of aromatic nitrogens is 1. The topological polar surface area (TPSA) is 69.3 Å². The molecule has 1 aliphatic heterocycles. The second-order valence-electron chi connectivity index (χ2n) is 6.49. The summed E-state index contributed by atoms with van der Waals surface area (Å²) in [7, 11) is 1.99. The van der Waals surface area contributed by atoms with Gasteiger partial charge in [-0.2, -0.15) is 0 Å². The monoisotopic (exact) mass is 339 g/mol. The van der Waals surface area contributed by atoms with Crippen molar-refractivity contribution in [1.82, 2.24) is 20.7 Å². The third-order valence-corrected chi connectivity index (χ3v) is 4.73. The molecular weight excluding hydrogens is 314 g/mol. The average molecular weight is 339 g/mol. The van der Waals surface area contributed by atoms with Crippen LogP contribution in [-0.4, -0.2) is 42.0 Å². The number of rotatable bonds is 6. The van der Waals surface area contributed by atoms with Crippen molar-refractivity contribution in [3.05, 3.63) is 60.3 Å². The Kier molecular flexibility index (Phi) is 5.75. The fourth-order valence-corrected chi connectivity index (χ4v) is 3.12. The van der Waals surface area contributed by atoms with Gasteiger partial charge >= 0.3 is 0 Å². The first-order valence-corrected chi connectivity index (χ1v) is 8.60. The predicted molar refractivity (Wildman–Crippen MR) is 98.8 cm³/mol. The lowest BCUT2D eigenvalue weighted by atomic mass is 9.94. The molecule has 1 fully saturated rings. The van der Waals surface area contributed by atoms with Crippen LogP contribution in [0.4, 0.5) is 5.82 Å². The van der Waals surface area contributed by atoms with Gasteiger partial charge in [-0.3, -0.25) is 15.1 Å². The van der Waals surface area contributed by atoms with Gasteiger partial charge in [0.2, 0.25) is 5.91 Å². The molecule has 2 aromatic rings. The molecule has 3 rings (SSSR count). The standard InChI is InChI=1S/C19H25N5O/c1-14(19(25)22-17-10-6-7-11-20-17)24(2)13-16-12-21-23-18(16)15-8-4-3-5-9-15/h3-11,14,16,18,21,23H,12-13H2,1-2H3,(H,20,22,25). The van der Waals surface area contributed by atoms with Crippen LogP contribution in [-0.2, 0) is 4.79 Å². The van der Waals surface area contributed by atoms with Gasteiger partial charge in [0.1, 0.15) is 5.82 Å². The van der Waals surface area contributed by atoms with Gasteiger partial charge in [-0.1, -0.05) is 36.4 Å². The summed E-state index contributed by atoms with van der Waals surface area (Å²) in [5.41, 5.74) is 7.86. The van der Waals surface area contributed by atoms with E-state index >= 15 is 0 Å². The number of anilines is 1. The molecule has 6 heteroatoms. The third-order valence-electron chi connectivity index (χ3n) is 4.73. The van der Waals surface area contributed by atoms with E-state index in [0.717, 1.165) is 13.1 Å². The van der Waals surface area contributed by atoms with Crippen LogP contribution in [0.2, 0.25) is 0 Å². The summed E-state index contributed by atoms with van der Waals surface area (Å²) in [5.74, 6) is 0.924. The molecule has 0 spiro atoms. The van der Waals surface area contributed by atoms with E-state index in [-0.39, 0.29) is 18.0 Å². The first kappa shape index (κ1) is 17.5. The van der Waals surface area contributed by atoms with Crippen LogP contribution >= 0.6 is 0 Å². The van der Waals surface area contributed by atoms with E-state index < -0.39 is 0 Å². The normalized spacial score (nSPS) is 21.2. The number of likely N-dealkylation sites (N-methyl/N-ethyl adjacent to an activating group) is 1. The van der Waals surface area contributed by atoms with E-state index in [4.69, 9.17) is 0 Å². The molecule has 1 aliphatic rings. The molecule has 1 aromatic carbocycles. The molecule has 1 saturated heterocycles. The molecule has 3 N–H and O–H groups in total. The van der Waals surface area contributed by atoms with Crippen LogP contribution in [0.5, 0.6) is 0 Å². The second kappa shape index (κ2) is 8.20. The zero-order chi connectivity index (χ0) is 17.6. The van der Waals surface area contributed by atoms with E-state index in [2.05, 4.69) is 50.3 Å². The lowest BCUT2D eigenvalue weighted by Crippen LogP contribution is -2.43. The quantitative estimate of drug-likeness (QED) is 0.749. The maximum absolute atomic E-state index is 12.5. The summed E-state index contributed by atoms with van der Waals surface area (Å²) in [6.07, 6.45) is 1.67. The maximum Gasteiger partial charge on any atom is 0.242 e. The second-order valence-corrected chi connectivity index (χ2v) is 6.49. The highest BCUT2D eigenvalue weighted by atomic mass is 16.2. The molecule has 0 bridgehead atoms. The molecule has 132 valence electrons. The smallest absolute Gasteiger partial charge is 0.242 e. The van der Waals surface area contributed by atoms with E-state index in [0.29, 0.717) is 11.7 Å². The van der Waals surface area contributed by atoms with Crippen molar-refractivity contribution in [2.45, 2.75) is 19.0 Å². The summed E-state index contributed by atoms with van der Waals surface area (Å²) in [6.45, 7) is 3.61. The van der Waals surface area contributed by atoms with Crippen molar-refractivity contribution >= 4 is 11.7 Å². The average Bonchev–Trinajstić information content (AvgIpc) is 3.10. The van der Waals surface area contributed by atoms with Crippen LogP contribution in [0.15, 0.2) is 54.7 Å². The molecular formula is C19H25N5O. The van der Waals surface area contributed by atoms with Crippen molar-refractivity contribution in [3.8, 4) is 0 Å². The molecule has 6 nitrogen and oxygen atoms in total. The molecule has 1 aromatic heterocycles. The van der Waals surface area contributed by atoms with Crippen LogP contribution in [0.1, 0.15) is 18.5 Å². The number of hydrazine groups is 1. The van der Waals surface area contributed by atoms with E-state index in [1.54, 1.807) is 12.3 Å². The number of hydrogen-bond donors (Lipinski definition) is 3.